The molecule has 1 saturated heterocycles. The number of nitrogens with zero attached hydrogens (tertiary/aromatic N) is 4. The fraction of sp³-hybridized carbons (Fsp3) is 0.357. The Hall–Kier alpha value is -4.12. The molecule has 8 nitrogen and oxygen atoms in total. The second kappa shape index (κ2) is 9.86. The standard InChI is InChI=1S/C28H30N6O2/c1-33(2)21-10-8-20(9-11-21)23-22(17-29)26(35)30-25-24(23)27(36)32-28(31-25)34-14-12-19(13-15-34)16-18-6-4-3-5-7-18/h3-11,19,22-23H,12-16H2,1-2H3,(H2,30,31,32,35,36). The fourth-order valence-electron chi connectivity index (χ4n) is 5.28. The minimum atomic E-state index is -1.01. The summed E-state index contributed by atoms with van der Waals surface area (Å²) in [6.45, 7) is 1.56. The van der Waals surface area contributed by atoms with E-state index in [0.29, 0.717) is 17.4 Å². The van der Waals surface area contributed by atoms with Crippen molar-refractivity contribution in [1.82, 2.24) is 9.97 Å². The van der Waals surface area contributed by atoms with Crippen LogP contribution < -0.4 is 20.7 Å². The number of rotatable bonds is 5. The van der Waals surface area contributed by atoms with Crippen LogP contribution in [0.1, 0.15) is 35.4 Å². The Morgan fingerprint density at radius 1 is 1.06 bits per heavy atom. The van der Waals surface area contributed by atoms with E-state index in [0.717, 1.165) is 43.6 Å². The molecule has 0 spiro atoms. The van der Waals surface area contributed by atoms with E-state index in [1.807, 2.05) is 49.3 Å². The largest absolute Gasteiger partial charge is 0.378 e. The number of hydrogen-bond donors (Lipinski definition) is 2. The van der Waals surface area contributed by atoms with Gasteiger partial charge in [0.15, 0.2) is 0 Å². The van der Waals surface area contributed by atoms with E-state index in [1.54, 1.807) is 0 Å². The van der Waals surface area contributed by atoms with E-state index >= 15 is 0 Å². The first kappa shape index (κ1) is 23.6. The van der Waals surface area contributed by atoms with Gasteiger partial charge in [-0.3, -0.25) is 14.6 Å². The Balaban J connectivity index is 1.40. The molecule has 3 heterocycles. The Kier molecular flexibility index (Phi) is 6.47. The smallest absolute Gasteiger partial charge is 0.258 e. The second-order valence-corrected chi connectivity index (χ2v) is 9.83. The number of aromatic nitrogens is 2. The zero-order chi connectivity index (χ0) is 25.2. The van der Waals surface area contributed by atoms with E-state index in [4.69, 9.17) is 0 Å². The van der Waals surface area contributed by atoms with Crippen molar-refractivity contribution < 1.29 is 4.79 Å². The van der Waals surface area contributed by atoms with E-state index in [9.17, 15) is 14.9 Å². The lowest BCUT2D eigenvalue weighted by molar-refractivity contribution is -0.119. The van der Waals surface area contributed by atoms with E-state index < -0.39 is 17.7 Å². The fourth-order valence-corrected chi connectivity index (χ4v) is 5.28. The monoisotopic (exact) mass is 482 g/mol. The Labute approximate surface area is 210 Å². The predicted molar refractivity (Wildman–Crippen MR) is 140 cm³/mol. The Morgan fingerprint density at radius 2 is 1.75 bits per heavy atom. The molecule has 2 aliphatic heterocycles. The van der Waals surface area contributed by atoms with Crippen LogP contribution in [0, 0.1) is 23.2 Å². The van der Waals surface area contributed by atoms with Crippen LogP contribution in [0.5, 0.6) is 0 Å². The highest BCUT2D eigenvalue weighted by Crippen LogP contribution is 2.39. The quantitative estimate of drug-likeness (QED) is 0.577. The first-order chi connectivity index (χ1) is 17.4. The maximum Gasteiger partial charge on any atom is 0.258 e. The maximum absolute atomic E-state index is 13.4. The summed E-state index contributed by atoms with van der Waals surface area (Å²) in [5.74, 6) is -0.828. The number of carbonyl (C=O) groups excluding carboxylic acids is 1. The van der Waals surface area contributed by atoms with E-state index in [2.05, 4.69) is 50.5 Å². The molecule has 1 aromatic heterocycles. The number of H-pyrrole nitrogens is 1. The van der Waals surface area contributed by atoms with E-state index in [1.165, 1.54) is 5.56 Å². The number of aromatic amines is 1. The summed E-state index contributed by atoms with van der Waals surface area (Å²) in [6.07, 6.45) is 3.04. The number of benzene rings is 2. The van der Waals surface area contributed by atoms with Gasteiger partial charge in [0.25, 0.3) is 5.56 Å². The van der Waals surface area contributed by atoms with Gasteiger partial charge >= 0.3 is 0 Å². The van der Waals surface area contributed by atoms with Gasteiger partial charge in [0.1, 0.15) is 11.7 Å². The van der Waals surface area contributed by atoms with Crippen LogP contribution in [0.25, 0.3) is 0 Å². The number of carbonyl (C=O) groups is 1. The Morgan fingerprint density at radius 3 is 2.39 bits per heavy atom. The molecule has 1 fully saturated rings. The molecule has 0 aliphatic carbocycles. The molecule has 2 N–H and O–H groups in total. The summed E-state index contributed by atoms with van der Waals surface area (Å²) in [7, 11) is 3.88. The van der Waals surface area contributed by atoms with Crippen molar-refractivity contribution >= 4 is 23.4 Å². The molecule has 0 saturated carbocycles. The maximum atomic E-state index is 13.4. The average Bonchev–Trinajstić information content (AvgIpc) is 2.89. The lowest BCUT2D eigenvalue weighted by atomic mass is 9.79. The van der Waals surface area contributed by atoms with Crippen molar-refractivity contribution in [1.29, 1.82) is 5.26 Å². The number of hydrogen-bond acceptors (Lipinski definition) is 6. The molecule has 3 aromatic rings. The van der Waals surface area contributed by atoms with Gasteiger partial charge in [-0.2, -0.15) is 10.2 Å². The van der Waals surface area contributed by atoms with Crippen LogP contribution in [-0.2, 0) is 11.2 Å². The molecule has 184 valence electrons. The zero-order valence-corrected chi connectivity index (χ0v) is 20.6. The van der Waals surface area contributed by atoms with Crippen LogP contribution in [0.4, 0.5) is 17.5 Å². The molecule has 36 heavy (non-hydrogen) atoms. The highest BCUT2D eigenvalue weighted by molar-refractivity contribution is 5.98. The normalized spacial score (nSPS) is 19.8. The van der Waals surface area contributed by atoms with E-state index in [-0.39, 0.29) is 11.4 Å². The zero-order valence-electron chi connectivity index (χ0n) is 20.6. The molecule has 0 bridgehead atoms. The third kappa shape index (κ3) is 4.57. The number of nitrogens with one attached hydrogen (secondary N) is 2. The third-order valence-electron chi connectivity index (χ3n) is 7.30. The lowest BCUT2D eigenvalue weighted by Crippen LogP contribution is -2.41. The van der Waals surface area contributed by atoms with Gasteiger partial charge in [-0.25, -0.2) is 0 Å². The molecule has 2 aromatic carbocycles. The summed E-state index contributed by atoms with van der Waals surface area (Å²) in [5.41, 5.74) is 3.09. The topological polar surface area (TPSA) is 105 Å². The van der Waals surface area contributed by atoms with Crippen molar-refractivity contribution in [3.8, 4) is 6.07 Å². The lowest BCUT2D eigenvalue weighted by Gasteiger charge is -2.34. The minimum Gasteiger partial charge on any atom is -0.378 e. The summed E-state index contributed by atoms with van der Waals surface area (Å²) < 4.78 is 0. The molecular formula is C28H30N6O2. The first-order valence-electron chi connectivity index (χ1n) is 12.4. The second-order valence-electron chi connectivity index (χ2n) is 9.83. The van der Waals surface area contributed by atoms with Gasteiger partial charge in [-0.15, -0.1) is 0 Å². The van der Waals surface area contributed by atoms with Crippen LogP contribution in [0.2, 0.25) is 0 Å². The van der Waals surface area contributed by atoms with Crippen molar-refractivity contribution in [2.75, 3.05) is 42.3 Å². The van der Waals surface area contributed by atoms with Gasteiger partial charge in [-0.1, -0.05) is 42.5 Å². The highest BCUT2D eigenvalue weighted by Gasteiger charge is 2.40. The van der Waals surface area contributed by atoms with Crippen LogP contribution in [0.15, 0.2) is 59.4 Å². The van der Waals surface area contributed by atoms with Crippen molar-refractivity contribution in [2.24, 2.45) is 11.8 Å². The van der Waals surface area contributed by atoms with Crippen LogP contribution >= 0.6 is 0 Å². The number of amides is 1. The van der Waals surface area contributed by atoms with Crippen LogP contribution in [0.3, 0.4) is 0 Å². The molecular weight excluding hydrogens is 452 g/mol. The summed E-state index contributed by atoms with van der Waals surface area (Å²) in [4.78, 5) is 37.9. The average molecular weight is 483 g/mol. The first-order valence-corrected chi connectivity index (χ1v) is 12.4. The van der Waals surface area contributed by atoms with Crippen LogP contribution in [-0.4, -0.2) is 43.1 Å². The minimum absolute atomic E-state index is 0.248. The molecule has 2 unspecified atom stereocenters. The summed E-state index contributed by atoms with van der Waals surface area (Å²) in [5, 5.41) is 12.5. The van der Waals surface area contributed by atoms with Gasteiger partial charge in [0, 0.05) is 38.8 Å². The van der Waals surface area contributed by atoms with Crippen molar-refractivity contribution in [3.05, 3.63) is 81.6 Å². The number of anilines is 3. The molecule has 0 radical (unpaired) electrons. The SMILES string of the molecule is CN(C)c1ccc(C2c3c(nc(N4CCC(Cc5ccccc5)CC4)[nH]c3=O)NC(=O)C2C#N)cc1. The Bertz CT molecular complexity index is 1340. The summed E-state index contributed by atoms with van der Waals surface area (Å²) in [6, 6.07) is 20.2. The molecule has 2 aliphatic rings. The van der Waals surface area contributed by atoms with Gasteiger partial charge in [0.2, 0.25) is 11.9 Å². The summed E-state index contributed by atoms with van der Waals surface area (Å²) >= 11 is 0. The number of nitriles is 1. The molecule has 1 amide bonds. The van der Waals surface area contributed by atoms with Gasteiger partial charge in [-0.05, 0) is 48.4 Å². The van der Waals surface area contributed by atoms with Crippen molar-refractivity contribution in [2.45, 2.75) is 25.2 Å². The molecule has 5 rings (SSSR count). The van der Waals surface area contributed by atoms with Gasteiger partial charge < -0.3 is 15.1 Å². The molecule has 8 heteroatoms. The third-order valence-corrected chi connectivity index (χ3v) is 7.30. The highest BCUT2D eigenvalue weighted by atomic mass is 16.2. The van der Waals surface area contributed by atoms with Crippen molar-refractivity contribution in [3.63, 3.8) is 0 Å². The molecule has 2 atom stereocenters. The predicted octanol–water partition coefficient (Wildman–Crippen LogP) is 3.52. The number of piperidine rings is 1. The number of fused-ring (bicyclic) bond motifs is 1. The van der Waals surface area contributed by atoms with Gasteiger partial charge in [0.05, 0.1) is 11.6 Å².